The third-order valence-corrected chi connectivity index (χ3v) is 2.70. The van der Waals surface area contributed by atoms with Crippen molar-refractivity contribution < 1.29 is 24.5 Å². The summed E-state index contributed by atoms with van der Waals surface area (Å²) in [5, 5.41) is 28.6. The minimum atomic E-state index is -1.22. The van der Waals surface area contributed by atoms with Crippen molar-refractivity contribution in [2.24, 2.45) is 0 Å². The first-order chi connectivity index (χ1) is 9.97. The molecule has 112 valence electrons. The normalized spacial score (nSPS) is 12.8. The molecule has 0 fully saturated rings. The summed E-state index contributed by atoms with van der Waals surface area (Å²) in [4.78, 5) is 22.7. The number of nitrogens with one attached hydrogen (secondary N) is 1. The molecule has 3 N–H and O–H groups in total. The molecule has 2 atom stereocenters. The largest absolute Gasteiger partial charge is 0.481 e. The van der Waals surface area contributed by atoms with Gasteiger partial charge in [0.25, 0.3) is 5.91 Å². The number of benzene rings is 1. The van der Waals surface area contributed by atoms with Crippen LogP contribution < -0.4 is 10.1 Å². The number of aliphatic hydroxyl groups excluding tert-OH is 1. The van der Waals surface area contributed by atoms with Crippen molar-refractivity contribution in [1.29, 1.82) is 5.26 Å². The van der Waals surface area contributed by atoms with Crippen molar-refractivity contribution in [1.82, 2.24) is 5.32 Å². The number of carboxylic acids is 1. The van der Waals surface area contributed by atoms with Crippen LogP contribution in [0.3, 0.4) is 0 Å². The zero-order valence-corrected chi connectivity index (χ0v) is 11.4. The number of hydrogen-bond donors (Lipinski definition) is 3. The van der Waals surface area contributed by atoms with E-state index < -0.39 is 24.0 Å². The standard InChI is InChI=1S/C14H16N2O5/c1-9(13(18)16-12(6-7-17)14(19)20)21-11-4-2-10(8-15)3-5-11/h2-5,9,12,17H,6-7H2,1H3,(H,16,18)(H,19,20)/t9?,12-/m0/s1. The Bertz CT molecular complexity index is 535. The van der Waals surface area contributed by atoms with E-state index in [0.717, 1.165) is 0 Å². The first-order valence-corrected chi connectivity index (χ1v) is 6.28. The lowest BCUT2D eigenvalue weighted by Gasteiger charge is -2.18. The van der Waals surface area contributed by atoms with Crippen LogP contribution in [0.1, 0.15) is 18.9 Å². The van der Waals surface area contributed by atoms with E-state index in [4.69, 9.17) is 20.2 Å². The average Bonchev–Trinajstić information content (AvgIpc) is 2.47. The van der Waals surface area contributed by atoms with Crippen LogP contribution in [0.25, 0.3) is 0 Å². The highest BCUT2D eigenvalue weighted by molar-refractivity contribution is 5.86. The number of carbonyl (C=O) groups excluding carboxylic acids is 1. The lowest BCUT2D eigenvalue weighted by Crippen LogP contribution is -2.46. The van der Waals surface area contributed by atoms with Crippen LogP contribution in [0.15, 0.2) is 24.3 Å². The van der Waals surface area contributed by atoms with E-state index in [1.165, 1.54) is 6.92 Å². The number of nitriles is 1. The molecule has 0 heterocycles. The first-order valence-electron chi connectivity index (χ1n) is 6.28. The van der Waals surface area contributed by atoms with Gasteiger partial charge >= 0.3 is 5.97 Å². The minimum absolute atomic E-state index is 0.0787. The van der Waals surface area contributed by atoms with E-state index in [9.17, 15) is 9.59 Å². The van der Waals surface area contributed by atoms with E-state index in [0.29, 0.717) is 11.3 Å². The van der Waals surface area contributed by atoms with Crippen LogP contribution in [0.5, 0.6) is 5.75 Å². The fourth-order valence-corrected chi connectivity index (χ4v) is 1.54. The Balaban J connectivity index is 2.61. The van der Waals surface area contributed by atoms with Crippen LogP contribution in [0, 0.1) is 11.3 Å². The number of carboxylic acid groups (broad SMARTS) is 1. The monoisotopic (exact) mass is 292 g/mol. The van der Waals surface area contributed by atoms with Crippen LogP contribution >= 0.6 is 0 Å². The molecule has 1 amide bonds. The fourth-order valence-electron chi connectivity index (χ4n) is 1.54. The summed E-state index contributed by atoms with van der Waals surface area (Å²) < 4.78 is 5.36. The summed E-state index contributed by atoms with van der Waals surface area (Å²) in [7, 11) is 0. The number of rotatable bonds is 7. The maximum absolute atomic E-state index is 11.8. The third kappa shape index (κ3) is 5.12. The Kier molecular flexibility index (Phi) is 6.17. The van der Waals surface area contributed by atoms with Crippen molar-refractivity contribution in [3.8, 4) is 11.8 Å². The number of aliphatic hydroxyl groups is 1. The molecule has 0 aromatic heterocycles. The maximum Gasteiger partial charge on any atom is 0.326 e. The second kappa shape index (κ2) is 7.87. The maximum atomic E-state index is 11.8. The molecular formula is C14H16N2O5. The molecule has 0 aliphatic heterocycles. The van der Waals surface area contributed by atoms with Crippen molar-refractivity contribution in [3.05, 3.63) is 29.8 Å². The lowest BCUT2D eigenvalue weighted by atomic mass is 10.2. The topological polar surface area (TPSA) is 120 Å². The van der Waals surface area contributed by atoms with Gasteiger partial charge in [0, 0.05) is 13.0 Å². The van der Waals surface area contributed by atoms with E-state index >= 15 is 0 Å². The number of amides is 1. The Morgan fingerprint density at radius 2 is 2.00 bits per heavy atom. The zero-order valence-electron chi connectivity index (χ0n) is 11.4. The molecule has 0 spiro atoms. The molecule has 1 aromatic carbocycles. The van der Waals surface area contributed by atoms with E-state index in [-0.39, 0.29) is 13.0 Å². The van der Waals surface area contributed by atoms with Crippen molar-refractivity contribution in [2.45, 2.75) is 25.5 Å². The summed E-state index contributed by atoms with van der Waals surface area (Å²) in [6.07, 6.45) is -0.983. The molecule has 21 heavy (non-hydrogen) atoms. The van der Waals surface area contributed by atoms with Gasteiger partial charge in [0.1, 0.15) is 11.8 Å². The van der Waals surface area contributed by atoms with Crippen molar-refractivity contribution in [2.75, 3.05) is 6.61 Å². The second-order valence-corrected chi connectivity index (χ2v) is 4.31. The Morgan fingerprint density at radius 1 is 1.38 bits per heavy atom. The molecule has 0 radical (unpaired) electrons. The second-order valence-electron chi connectivity index (χ2n) is 4.31. The molecule has 0 bridgehead atoms. The van der Waals surface area contributed by atoms with Gasteiger partial charge in [0.05, 0.1) is 11.6 Å². The summed E-state index contributed by atoms with van der Waals surface area (Å²) in [6.45, 7) is 1.13. The zero-order chi connectivity index (χ0) is 15.8. The number of nitrogens with zero attached hydrogens (tertiary/aromatic N) is 1. The SMILES string of the molecule is CC(Oc1ccc(C#N)cc1)C(=O)N[C@@H](CCO)C(=O)O. The molecule has 7 heteroatoms. The highest BCUT2D eigenvalue weighted by Crippen LogP contribution is 2.13. The van der Waals surface area contributed by atoms with Crippen LogP contribution in [0.2, 0.25) is 0 Å². The Labute approximate surface area is 121 Å². The van der Waals surface area contributed by atoms with Gasteiger partial charge in [0.15, 0.2) is 6.10 Å². The lowest BCUT2D eigenvalue weighted by molar-refractivity contribution is -0.143. The van der Waals surface area contributed by atoms with Gasteiger partial charge in [-0.05, 0) is 31.2 Å². The van der Waals surface area contributed by atoms with Gasteiger partial charge < -0.3 is 20.3 Å². The van der Waals surface area contributed by atoms with E-state index in [1.807, 2.05) is 6.07 Å². The molecule has 0 aliphatic carbocycles. The molecule has 0 saturated carbocycles. The fraction of sp³-hybridized carbons (Fsp3) is 0.357. The third-order valence-electron chi connectivity index (χ3n) is 2.70. The van der Waals surface area contributed by atoms with Gasteiger partial charge in [0.2, 0.25) is 0 Å². The van der Waals surface area contributed by atoms with Crippen LogP contribution in [0.4, 0.5) is 0 Å². The molecule has 7 nitrogen and oxygen atoms in total. The predicted molar refractivity (Wildman–Crippen MR) is 72.5 cm³/mol. The van der Waals surface area contributed by atoms with Crippen LogP contribution in [-0.4, -0.2) is 40.8 Å². The van der Waals surface area contributed by atoms with E-state index in [2.05, 4.69) is 5.32 Å². The smallest absolute Gasteiger partial charge is 0.326 e. The Hall–Kier alpha value is -2.59. The average molecular weight is 292 g/mol. The van der Waals surface area contributed by atoms with Gasteiger partial charge in [-0.3, -0.25) is 4.79 Å². The summed E-state index contributed by atoms with van der Waals surface area (Å²) in [5.74, 6) is -1.42. The van der Waals surface area contributed by atoms with Gasteiger partial charge in [-0.2, -0.15) is 5.26 Å². The van der Waals surface area contributed by atoms with Gasteiger partial charge in [-0.25, -0.2) is 4.79 Å². The summed E-state index contributed by atoms with van der Waals surface area (Å²) >= 11 is 0. The molecular weight excluding hydrogens is 276 g/mol. The first kappa shape index (κ1) is 16.5. The van der Waals surface area contributed by atoms with Crippen LogP contribution in [-0.2, 0) is 9.59 Å². The quantitative estimate of drug-likeness (QED) is 0.664. The molecule has 0 saturated heterocycles. The van der Waals surface area contributed by atoms with Gasteiger partial charge in [-0.1, -0.05) is 0 Å². The van der Waals surface area contributed by atoms with Crippen molar-refractivity contribution in [3.63, 3.8) is 0 Å². The number of hydrogen-bond acceptors (Lipinski definition) is 5. The molecule has 1 unspecified atom stereocenters. The van der Waals surface area contributed by atoms with Gasteiger partial charge in [-0.15, -0.1) is 0 Å². The summed E-state index contributed by atoms with van der Waals surface area (Å²) in [6, 6.07) is 6.99. The molecule has 1 aromatic rings. The highest BCUT2D eigenvalue weighted by Gasteiger charge is 2.23. The highest BCUT2D eigenvalue weighted by atomic mass is 16.5. The summed E-state index contributed by atoms with van der Waals surface area (Å²) in [5.41, 5.74) is 0.466. The number of carbonyl (C=O) groups is 2. The Morgan fingerprint density at radius 3 is 2.48 bits per heavy atom. The number of ether oxygens (including phenoxy) is 1. The molecule has 0 aliphatic rings. The predicted octanol–water partition coefficient (Wildman–Crippen LogP) is 0.277. The van der Waals surface area contributed by atoms with E-state index in [1.54, 1.807) is 24.3 Å². The minimum Gasteiger partial charge on any atom is -0.481 e. The molecule has 1 rings (SSSR count). The van der Waals surface area contributed by atoms with Crippen molar-refractivity contribution >= 4 is 11.9 Å². The number of aliphatic carboxylic acids is 1.